The van der Waals surface area contributed by atoms with Crippen LogP contribution < -0.4 is 11.1 Å². The highest BCUT2D eigenvalue weighted by molar-refractivity contribution is 4.96. The first-order valence-corrected chi connectivity index (χ1v) is 7.26. The monoisotopic (exact) mass is 240 g/mol. The van der Waals surface area contributed by atoms with Crippen molar-refractivity contribution in [2.24, 2.45) is 17.6 Å². The van der Waals surface area contributed by atoms with Crippen LogP contribution in [-0.4, -0.2) is 31.3 Å². The first-order valence-electron chi connectivity index (χ1n) is 7.26. The lowest BCUT2D eigenvalue weighted by Gasteiger charge is -2.41. The van der Waals surface area contributed by atoms with Gasteiger partial charge in [-0.1, -0.05) is 20.3 Å². The highest BCUT2D eigenvalue weighted by Gasteiger charge is 2.38. The summed E-state index contributed by atoms with van der Waals surface area (Å²) in [5.74, 6) is 1.81. The maximum atomic E-state index is 6.02. The standard InChI is InChI=1S/C14H28N2O/c1-3-4-13-8-14(10-15,5-6-17-13)16-9-12-7-11(12)2/h11-13,16H,3-10,15H2,1-2H3. The van der Waals surface area contributed by atoms with Crippen LogP contribution in [0.2, 0.25) is 0 Å². The van der Waals surface area contributed by atoms with Crippen molar-refractivity contribution in [3.8, 4) is 0 Å². The van der Waals surface area contributed by atoms with E-state index in [1.165, 1.54) is 19.3 Å². The number of nitrogens with one attached hydrogen (secondary N) is 1. The molecule has 3 N–H and O–H groups in total. The first-order chi connectivity index (χ1) is 8.19. The highest BCUT2D eigenvalue weighted by atomic mass is 16.5. The summed E-state index contributed by atoms with van der Waals surface area (Å²) in [6, 6.07) is 0. The van der Waals surface area contributed by atoms with E-state index in [1.807, 2.05) is 0 Å². The lowest BCUT2D eigenvalue weighted by molar-refractivity contribution is -0.0308. The van der Waals surface area contributed by atoms with E-state index in [2.05, 4.69) is 19.2 Å². The van der Waals surface area contributed by atoms with Gasteiger partial charge in [0.15, 0.2) is 0 Å². The summed E-state index contributed by atoms with van der Waals surface area (Å²) in [4.78, 5) is 0. The van der Waals surface area contributed by atoms with Crippen LogP contribution in [0.25, 0.3) is 0 Å². The summed E-state index contributed by atoms with van der Waals surface area (Å²) < 4.78 is 5.82. The zero-order valence-corrected chi connectivity index (χ0v) is 11.4. The van der Waals surface area contributed by atoms with Crippen molar-refractivity contribution in [3.63, 3.8) is 0 Å². The normalized spacial score (nSPS) is 41.5. The Bertz CT molecular complexity index is 244. The van der Waals surface area contributed by atoms with Gasteiger partial charge < -0.3 is 15.8 Å². The predicted molar refractivity (Wildman–Crippen MR) is 70.9 cm³/mol. The third-order valence-electron chi connectivity index (χ3n) is 4.57. The molecule has 0 aromatic heterocycles. The number of nitrogens with two attached hydrogens (primary N) is 1. The third-order valence-corrected chi connectivity index (χ3v) is 4.57. The van der Waals surface area contributed by atoms with Crippen LogP contribution in [0.1, 0.15) is 46.0 Å². The van der Waals surface area contributed by atoms with E-state index in [0.717, 1.165) is 44.4 Å². The van der Waals surface area contributed by atoms with Crippen LogP contribution in [0, 0.1) is 11.8 Å². The molecule has 2 rings (SSSR count). The maximum absolute atomic E-state index is 6.02. The molecule has 17 heavy (non-hydrogen) atoms. The third kappa shape index (κ3) is 3.43. The molecule has 1 aliphatic carbocycles. The second-order valence-corrected chi connectivity index (χ2v) is 6.07. The lowest BCUT2D eigenvalue weighted by atomic mass is 9.85. The molecule has 1 heterocycles. The van der Waals surface area contributed by atoms with Gasteiger partial charge in [0.1, 0.15) is 0 Å². The van der Waals surface area contributed by atoms with Crippen molar-refractivity contribution >= 4 is 0 Å². The molecule has 0 spiro atoms. The largest absolute Gasteiger partial charge is 0.378 e. The molecule has 0 amide bonds. The Balaban J connectivity index is 1.83. The van der Waals surface area contributed by atoms with E-state index < -0.39 is 0 Å². The van der Waals surface area contributed by atoms with E-state index in [4.69, 9.17) is 10.5 Å². The number of ether oxygens (including phenoxy) is 1. The zero-order chi connectivity index (χ0) is 12.3. The van der Waals surface area contributed by atoms with Crippen LogP contribution in [0.5, 0.6) is 0 Å². The molecule has 0 radical (unpaired) electrons. The fourth-order valence-electron chi connectivity index (χ4n) is 2.97. The van der Waals surface area contributed by atoms with Crippen LogP contribution in [-0.2, 0) is 4.74 Å². The van der Waals surface area contributed by atoms with Crippen LogP contribution in [0.15, 0.2) is 0 Å². The van der Waals surface area contributed by atoms with Gasteiger partial charge in [0.25, 0.3) is 0 Å². The van der Waals surface area contributed by atoms with Crippen molar-refractivity contribution < 1.29 is 4.74 Å². The Morgan fingerprint density at radius 2 is 2.24 bits per heavy atom. The Morgan fingerprint density at radius 1 is 1.47 bits per heavy atom. The Hall–Kier alpha value is -0.120. The molecule has 0 aromatic rings. The predicted octanol–water partition coefficient (Wildman–Crippen LogP) is 1.91. The average Bonchev–Trinajstić information content (AvgIpc) is 3.04. The molecule has 4 atom stereocenters. The summed E-state index contributed by atoms with van der Waals surface area (Å²) >= 11 is 0. The molecule has 1 saturated carbocycles. The summed E-state index contributed by atoms with van der Waals surface area (Å²) in [7, 11) is 0. The van der Waals surface area contributed by atoms with Gasteiger partial charge in [0, 0.05) is 18.7 Å². The molecule has 4 unspecified atom stereocenters. The second-order valence-electron chi connectivity index (χ2n) is 6.07. The quantitative estimate of drug-likeness (QED) is 0.745. The van der Waals surface area contributed by atoms with E-state index in [0.29, 0.717) is 6.10 Å². The SMILES string of the molecule is CCCC1CC(CN)(NCC2CC2C)CCO1. The van der Waals surface area contributed by atoms with E-state index >= 15 is 0 Å². The smallest absolute Gasteiger partial charge is 0.0593 e. The van der Waals surface area contributed by atoms with Crippen molar-refractivity contribution in [2.75, 3.05) is 19.7 Å². The topological polar surface area (TPSA) is 47.3 Å². The minimum Gasteiger partial charge on any atom is -0.378 e. The molecule has 2 aliphatic rings. The van der Waals surface area contributed by atoms with Crippen LogP contribution in [0.4, 0.5) is 0 Å². The molecule has 0 bridgehead atoms. The fraction of sp³-hybridized carbons (Fsp3) is 1.00. The van der Waals surface area contributed by atoms with Crippen molar-refractivity contribution in [2.45, 2.75) is 57.6 Å². The minimum atomic E-state index is 0.153. The van der Waals surface area contributed by atoms with Gasteiger partial charge in [0.05, 0.1) is 6.10 Å². The Kier molecular flexibility index (Phi) is 4.45. The number of rotatable bonds is 6. The molecule has 1 aliphatic heterocycles. The van der Waals surface area contributed by atoms with Gasteiger partial charge in [-0.15, -0.1) is 0 Å². The fourth-order valence-corrected chi connectivity index (χ4v) is 2.97. The molecule has 100 valence electrons. The summed E-state index contributed by atoms with van der Waals surface area (Å²) in [5, 5.41) is 3.76. The van der Waals surface area contributed by atoms with Gasteiger partial charge >= 0.3 is 0 Å². The van der Waals surface area contributed by atoms with E-state index in [1.54, 1.807) is 0 Å². The number of hydrogen-bond donors (Lipinski definition) is 2. The molecule has 1 saturated heterocycles. The molecule has 3 heteroatoms. The van der Waals surface area contributed by atoms with Gasteiger partial charge in [-0.2, -0.15) is 0 Å². The van der Waals surface area contributed by atoms with E-state index in [-0.39, 0.29) is 5.54 Å². The maximum Gasteiger partial charge on any atom is 0.0593 e. The van der Waals surface area contributed by atoms with Crippen LogP contribution >= 0.6 is 0 Å². The van der Waals surface area contributed by atoms with Crippen molar-refractivity contribution in [3.05, 3.63) is 0 Å². The minimum absolute atomic E-state index is 0.153. The van der Waals surface area contributed by atoms with Crippen LogP contribution in [0.3, 0.4) is 0 Å². The molecular formula is C14H28N2O. The van der Waals surface area contributed by atoms with E-state index in [9.17, 15) is 0 Å². The molecule has 3 nitrogen and oxygen atoms in total. The van der Waals surface area contributed by atoms with Crippen molar-refractivity contribution in [1.29, 1.82) is 0 Å². The number of hydrogen-bond acceptors (Lipinski definition) is 3. The van der Waals surface area contributed by atoms with Gasteiger partial charge in [-0.05, 0) is 44.1 Å². The van der Waals surface area contributed by atoms with Gasteiger partial charge in [-0.3, -0.25) is 0 Å². The highest BCUT2D eigenvalue weighted by Crippen LogP contribution is 2.38. The zero-order valence-electron chi connectivity index (χ0n) is 11.4. The molecule has 2 fully saturated rings. The first kappa shape index (κ1) is 13.3. The Labute approximate surface area is 105 Å². The molecule has 0 aromatic carbocycles. The molecular weight excluding hydrogens is 212 g/mol. The average molecular weight is 240 g/mol. The summed E-state index contributed by atoms with van der Waals surface area (Å²) in [6.45, 7) is 7.33. The summed E-state index contributed by atoms with van der Waals surface area (Å²) in [6.07, 6.45) is 6.35. The van der Waals surface area contributed by atoms with Crippen molar-refractivity contribution in [1.82, 2.24) is 5.32 Å². The lowest BCUT2D eigenvalue weighted by Crippen LogP contribution is -2.57. The summed E-state index contributed by atoms with van der Waals surface area (Å²) in [5.41, 5.74) is 6.17. The van der Waals surface area contributed by atoms with Gasteiger partial charge in [0.2, 0.25) is 0 Å². The Morgan fingerprint density at radius 3 is 2.82 bits per heavy atom. The van der Waals surface area contributed by atoms with Gasteiger partial charge in [-0.25, -0.2) is 0 Å². The second kappa shape index (κ2) is 5.68.